The average molecular weight is 346 g/mol. The maximum Gasteiger partial charge on any atom is 0.254 e. The number of nitrogens with zero attached hydrogens (tertiary/aromatic N) is 3. The van der Waals surface area contributed by atoms with E-state index < -0.39 is 0 Å². The van der Waals surface area contributed by atoms with Gasteiger partial charge in [0.05, 0.1) is 6.54 Å². The van der Waals surface area contributed by atoms with E-state index in [4.69, 9.17) is 16.3 Å². The van der Waals surface area contributed by atoms with Gasteiger partial charge in [0, 0.05) is 28.9 Å². The van der Waals surface area contributed by atoms with Crippen molar-refractivity contribution >= 4 is 17.5 Å². The van der Waals surface area contributed by atoms with E-state index in [2.05, 4.69) is 9.97 Å². The molecule has 6 heteroatoms. The molecule has 1 atom stereocenters. The minimum Gasteiger partial charge on any atom is -0.472 e. The first-order valence-corrected chi connectivity index (χ1v) is 8.43. The monoisotopic (exact) mass is 345 g/mol. The lowest BCUT2D eigenvalue weighted by atomic mass is 10.1. The average Bonchev–Trinajstić information content (AvgIpc) is 2.53. The van der Waals surface area contributed by atoms with E-state index in [-0.39, 0.29) is 12.0 Å². The summed E-state index contributed by atoms with van der Waals surface area (Å²) in [6, 6.07) is 8.87. The summed E-state index contributed by atoms with van der Waals surface area (Å²) >= 11 is 5.98. The lowest BCUT2D eigenvalue weighted by Gasteiger charge is -2.32. The Labute approximate surface area is 146 Å². The normalized spacial score (nSPS) is 17.6. The van der Waals surface area contributed by atoms with Gasteiger partial charge in [0.25, 0.3) is 5.91 Å². The van der Waals surface area contributed by atoms with Crippen LogP contribution in [0.2, 0.25) is 5.02 Å². The molecule has 1 saturated heterocycles. The molecule has 1 fully saturated rings. The van der Waals surface area contributed by atoms with Crippen LogP contribution in [0.15, 0.2) is 30.3 Å². The quantitative estimate of drug-likeness (QED) is 0.855. The first-order valence-electron chi connectivity index (χ1n) is 8.05. The molecule has 2 heterocycles. The van der Waals surface area contributed by atoms with Crippen molar-refractivity contribution in [2.75, 3.05) is 13.1 Å². The Kier molecular flexibility index (Phi) is 5.00. The van der Waals surface area contributed by atoms with E-state index in [0.717, 1.165) is 25.1 Å². The molecule has 0 bridgehead atoms. The van der Waals surface area contributed by atoms with Gasteiger partial charge in [-0.15, -0.1) is 0 Å². The molecule has 1 aliphatic rings. The second kappa shape index (κ2) is 7.18. The molecular weight excluding hydrogens is 326 g/mol. The molecule has 1 aromatic heterocycles. The van der Waals surface area contributed by atoms with Gasteiger partial charge < -0.3 is 9.64 Å². The van der Waals surface area contributed by atoms with Crippen molar-refractivity contribution in [2.45, 2.75) is 32.8 Å². The van der Waals surface area contributed by atoms with E-state index in [0.29, 0.717) is 28.8 Å². The topological polar surface area (TPSA) is 55.3 Å². The van der Waals surface area contributed by atoms with Gasteiger partial charge in [-0.05, 0) is 44.9 Å². The number of hydrogen-bond acceptors (Lipinski definition) is 4. The lowest BCUT2D eigenvalue weighted by Crippen LogP contribution is -2.44. The van der Waals surface area contributed by atoms with Crippen molar-refractivity contribution < 1.29 is 9.53 Å². The van der Waals surface area contributed by atoms with Crippen LogP contribution in [0.4, 0.5) is 0 Å². The first kappa shape index (κ1) is 16.7. The summed E-state index contributed by atoms with van der Waals surface area (Å²) in [5.74, 6) is 1.25. The van der Waals surface area contributed by atoms with Crippen molar-refractivity contribution in [3.8, 4) is 5.88 Å². The molecule has 3 rings (SSSR count). The fourth-order valence-electron chi connectivity index (χ4n) is 2.94. The molecule has 0 spiro atoms. The molecule has 0 aliphatic carbocycles. The van der Waals surface area contributed by atoms with Gasteiger partial charge in [-0.25, -0.2) is 4.98 Å². The molecule has 1 aliphatic heterocycles. The number of rotatable bonds is 3. The smallest absolute Gasteiger partial charge is 0.254 e. The highest BCUT2D eigenvalue weighted by atomic mass is 35.5. The summed E-state index contributed by atoms with van der Waals surface area (Å²) < 4.78 is 5.99. The van der Waals surface area contributed by atoms with Crippen LogP contribution >= 0.6 is 11.6 Å². The summed E-state index contributed by atoms with van der Waals surface area (Å²) in [6.45, 7) is 5.04. The van der Waals surface area contributed by atoms with Gasteiger partial charge >= 0.3 is 0 Å². The highest BCUT2D eigenvalue weighted by molar-refractivity contribution is 6.30. The molecule has 1 aromatic carbocycles. The minimum atomic E-state index is -0.0596. The minimum absolute atomic E-state index is 0.0131. The number of hydrogen-bond donors (Lipinski definition) is 0. The predicted octanol–water partition coefficient (Wildman–Crippen LogP) is 3.43. The van der Waals surface area contributed by atoms with Gasteiger partial charge in [0.15, 0.2) is 0 Å². The van der Waals surface area contributed by atoms with E-state index in [1.165, 1.54) is 0 Å². The molecular formula is C18H20ClN3O2. The van der Waals surface area contributed by atoms with E-state index in [1.54, 1.807) is 24.3 Å². The van der Waals surface area contributed by atoms with E-state index >= 15 is 0 Å². The van der Waals surface area contributed by atoms with E-state index in [1.807, 2.05) is 24.8 Å². The van der Waals surface area contributed by atoms with Crippen molar-refractivity contribution in [3.63, 3.8) is 0 Å². The van der Waals surface area contributed by atoms with Crippen LogP contribution < -0.4 is 4.74 Å². The second-order valence-corrected chi connectivity index (χ2v) is 6.47. The van der Waals surface area contributed by atoms with Crippen LogP contribution in [-0.2, 0) is 0 Å². The third kappa shape index (κ3) is 4.03. The van der Waals surface area contributed by atoms with Gasteiger partial charge in [-0.2, -0.15) is 4.98 Å². The Hall–Kier alpha value is -2.14. The third-order valence-electron chi connectivity index (χ3n) is 3.97. The molecule has 2 aromatic rings. The Morgan fingerprint density at radius 2 is 2.12 bits per heavy atom. The zero-order chi connectivity index (χ0) is 17.1. The summed E-state index contributed by atoms with van der Waals surface area (Å²) in [4.78, 5) is 23.0. The fraction of sp³-hybridized carbons (Fsp3) is 0.389. The number of aryl methyl sites for hydroxylation is 2. The Morgan fingerprint density at radius 3 is 2.88 bits per heavy atom. The first-order chi connectivity index (χ1) is 11.5. The zero-order valence-corrected chi connectivity index (χ0v) is 14.6. The summed E-state index contributed by atoms with van der Waals surface area (Å²) in [6.07, 6.45) is 1.75. The van der Waals surface area contributed by atoms with Gasteiger partial charge in [0.2, 0.25) is 5.88 Å². The van der Waals surface area contributed by atoms with Crippen LogP contribution in [0.3, 0.4) is 0 Å². The predicted molar refractivity (Wildman–Crippen MR) is 92.5 cm³/mol. The number of piperidine rings is 1. The number of benzene rings is 1. The maximum absolute atomic E-state index is 12.6. The van der Waals surface area contributed by atoms with E-state index in [9.17, 15) is 4.79 Å². The lowest BCUT2D eigenvalue weighted by molar-refractivity contribution is 0.0527. The summed E-state index contributed by atoms with van der Waals surface area (Å²) in [5, 5.41) is 0.567. The van der Waals surface area contributed by atoms with Crippen LogP contribution in [-0.4, -0.2) is 40.0 Å². The number of likely N-dealkylation sites (tertiary alicyclic amines) is 1. The van der Waals surface area contributed by atoms with Crippen LogP contribution in [0.5, 0.6) is 5.88 Å². The SMILES string of the molecule is Cc1cc(OC2CCCN(C(=O)c3cccc(Cl)c3)C2)nc(C)n1. The van der Waals surface area contributed by atoms with Crippen LogP contribution in [0, 0.1) is 13.8 Å². The van der Waals surface area contributed by atoms with Crippen molar-refractivity contribution in [1.29, 1.82) is 0 Å². The number of halogens is 1. The maximum atomic E-state index is 12.6. The summed E-state index contributed by atoms with van der Waals surface area (Å²) in [5.41, 5.74) is 1.48. The number of amides is 1. The zero-order valence-electron chi connectivity index (χ0n) is 13.8. The fourth-order valence-corrected chi connectivity index (χ4v) is 3.13. The molecule has 0 saturated carbocycles. The van der Waals surface area contributed by atoms with Crippen molar-refractivity contribution in [1.82, 2.24) is 14.9 Å². The highest BCUT2D eigenvalue weighted by Crippen LogP contribution is 2.20. The Morgan fingerprint density at radius 1 is 1.29 bits per heavy atom. The number of ether oxygens (including phenoxy) is 1. The third-order valence-corrected chi connectivity index (χ3v) is 4.20. The molecule has 1 amide bonds. The standard InChI is InChI=1S/C18H20ClN3O2/c1-12-9-17(21-13(2)20-12)24-16-7-4-8-22(11-16)18(23)14-5-3-6-15(19)10-14/h3,5-6,9-10,16H,4,7-8,11H2,1-2H3. The molecule has 1 unspecified atom stereocenters. The largest absolute Gasteiger partial charge is 0.472 e. The Bertz CT molecular complexity index is 731. The molecule has 0 N–H and O–H groups in total. The molecule has 126 valence electrons. The van der Waals surface area contributed by atoms with Crippen molar-refractivity contribution in [3.05, 3.63) is 52.4 Å². The van der Waals surface area contributed by atoms with Gasteiger partial charge in [-0.3, -0.25) is 4.79 Å². The molecule has 0 radical (unpaired) electrons. The van der Waals surface area contributed by atoms with Crippen molar-refractivity contribution in [2.24, 2.45) is 0 Å². The van der Waals surface area contributed by atoms with Gasteiger partial charge in [0.1, 0.15) is 11.9 Å². The molecule has 5 nitrogen and oxygen atoms in total. The highest BCUT2D eigenvalue weighted by Gasteiger charge is 2.26. The number of carbonyl (C=O) groups excluding carboxylic acids is 1. The summed E-state index contributed by atoms with van der Waals surface area (Å²) in [7, 11) is 0. The van der Waals surface area contributed by atoms with Gasteiger partial charge in [-0.1, -0.05) is 17.7 Å². The molecule has 24 heavy (non-hydrogen) atoms. The number of aromatic nitrogens is 2. The number of carbonyl (C=O) groups is 1. The van der Waals surface area contributed by atoms with Crippen LogP contribution in [0.1, 0.15) is 34.7 Å². The van der Waals surface area contributed by atoms with Crippen LogP contribution in [0.25, 0.3) is 0 Å². The Balaban J connectivity index is 1.69. The second-order valence-electron chi connectivity index (χ2n) is 6.04.